The minimum Gasteiger partial charge on any atom is -0.507 e. The van der Waals surface area contributed by atoms with Crippen LogP contribution in [0.25, 0.3) is 10.4 Å². The Labute approximate surface area is 149 Å². The smallest absolute Gasteiger partial charge is 0.419 e. The van der Waals surface area contributed by atoms with Gasteiger partial charge in [0.1, 0.15) is 11.6 Å². The van der Waals surface area contributed by atoms with Crippen LogP contribution >= 0.6 is 11.3 Å². The summed E-state index contributed by atoms with van der Waals surface area (Å²) in [7, 11) is 0. The predicted octanol–water partition coefficient (Wildman–Crippen LogP) is 5.53. The second-order valence-electron chi connectivity index (χ2n) is 5.36. The largest absolute Gasteiger partial charge is 0.507 e. The number of hydrogen-bond donors (Lipinski definition) is 2. The summed E-state index contributed by atoms with van der Waals surface area (Å²) in [6.45, 7) is 0. The first kappa shape index (κ1) is 17.9. The molecule has 0 aliphatic rings. The molecule has 0 atom stereocenters. The van der Waals surface area contributed by atoms with Crippen LogP contribution in [0.4, 0.5) is 23.2 Å². The van der Waals surface area contributed by atoms with E-state index in [1.807, 2.05) is 0 Å². The van der Waals surface area contributed by atoms with E-state index in [4.69, 9.17) is 0 Å². The Morgan fingerprint density at radius 1 is 1.04 bits per heavy atom. The van der Waals surface area contributed by atoms with Crippen molar-refractivity contribution < 1.29 is 27.5 Å². The zero-order chi connectivity index (χ0) is 18.9. The third-order valence-electron chi connectivity index (χ3n) is 3.50. The van der Waals surface area contributed by atoms with Gasteiger partial charge in [0, 0.05) is 10.6 Å². The van der Waals surface area contributed by atoms with Crippen LogP contribution in [0, 0.1) is 5.82 Å². The molecule has 8 heteroatoms. The monoisotopic (exact) mass is 381 g/mol. The standard InChI is InChI=1S/C18H11F4NO2S/c19-11-2-1-3-12(9-11)23-17(25)16-7-6-15(26-16)10-4-5-14(24)13(8-10)18(20,21)22/h1-9,24H,(H,23,25). The average molecular weight is 381 g/mol. The average Bonchev–Trinajstić information content (AvgIpc) is 3.04. The second kappa shape index (κ2) is 6.80. The van der Waals surface area contributed by atoms with Gasteiger partial charge in [0.25, 0.3) is 5.91 Å². The van der Waals surface area contributed by atoms with Crippen LogP contribution in [0.2, 0.25) is 0 Å². The van der Waals surface area contributed by atoms with E-state index >= 15 is 0 Å². The summed E-state index contributed by atoms with van der Waals surface area (Å²) < 4.78 is 51.9. The number of carbonyl (C=O) groups excluding carboxylic acids is 1. The maximum atomic E-state index is 13.2. The van der Waals surface area contributed by atoms with Gasteiger partial charge in [-0.25, -0.2) is 4.39 Å². The van der Waals surface area contributed by atoms with Crippen LogP contribution in [-0.2, 0) is 6.18 Å². The van der Waals surface area contributed by atoms with E-state index in [2.05, 4.69) is 5.32 Å². The van der Waals surface area contributed by atoms with Gasteiger partial charge in [-0.3, -0.25) is 4.79 Å². The van der Waals surface area contributed by atoms with Crippen LogP contribution in [-0.4, -0.2) is 11.0 Å². The molecule has 0 saturated carbocycles. The molecule has 0 unspecified atom stereocenters. The van der Waals surface area contributed by atoms with E-state index in [-0.39, 0.29) is 16.1 Å². The van der Waals surface area contributed by atoms with Crippen LogP contribution in [0.5, 0.6) is 5.75 Å². The first-order valence-electron chi connectivity index (χ1n) is 7.31. The van der Waals surface area contributed by atoms with Crippen molar-refractivity contribution >= 4 is 22.9 Å². The minimum atomic E-state index is -4.69. The van der Waals surface area contributed by atoms with E-state index in [1.165, 1.54) is 36.4 Å². The first-order chi connectivity index (χ1) is 12.2. The van der Waals surface area contributed by atoms with Gasteiger partial charge in [0.15, 0.2) is 0 Å². The van der Waals surface area contributed by atoms with E-state index < -0.39 is 29.2 Å². The van der Waals surface area contributed by atoms with E-state index in [0.29, 0.717) is 4.88 Å². The first-order valence-corrected chi connectivity index (χ1v) is 8.13. The molecule has 1 amide bonds. The lowest BCUT2D eigenvalue weighted by molar-refractivity contribution is -0.138. The third kappa shape index (κ3) is 3.85. The van der Waals surface area contributed by atoms with Crippen molar-refractivity contribution in [1.82, 2.24) is 0 Å². The SMILES string of the molecule is O=C(Nc1cccc(F)c1)c1ccc(-c2ccc(O)c(C(F)(F)F)c2)s1. The molecule has 2 N–H and O–H groups in total. The fourth-order valence-electron chi connectivity index (χ4n) is 2.29. The summed E-state index contributed by atoms with van der Waals surface area (Å²) in [6, 6.07) is 11.5. The molecule has 0 radical (unpaired) electrons. The number of halogens is 4. The number of aromatic hydroxyl groups is 1. The molecular formula is C18H11F4NO2S. The van der Waals surface area contributed by atoms with Crippen molar-refractivity contribution in [3.05, 3.63) is 70.9 Å². The Morgan fingerprint density at radius 3 is 2.50 bits per heavy atom. The van der Waals surface area contributed by atoms with Gasteiger partial charge in [-0.05, 0) is 54.1 Å². The van der Waals surface area contributed by atoms with Gasteiger partial charge >= 0.3 is 6.18 Å². The Hall–Kier alpha value is -2.87. The molecule has 2 aromatic carbocycles. The molecule has 134 valence electrons. The van der Waals surface area contributed by atoms with Crippen molar-refractivity contribution in [1.29, 1.82) is 0 Å². The van der Waals surface area contributed by atoms with Gasteiger partial charge < -0.3 is 10.4 Å². The van der Waals surface area contributed by atoms with Gasteiger partial charge in [-0.2, -0.15) is 13.2 Å². The summed E-state index contributed by atoms with van der Waals surface area (Å²) in [5.41, 5.74) is -0.645. The number of phenolic OH excluding ortho intramolecular Hbond substituents is 1. The van der Waals surface area contributed by atoms with Crippen molar-refractivity contribution in [3.8, 4) is 16.2 Å². The number of benzene rings is 2. The van der Waals surface area contributed by atoms with Crippen LogP contribution in [0.15, 0.2) is 54.6 Å². The van der Waals surface area contributed by atoms with Crippen molar-refractivity contribution in [3.63, 3.8) is 0 Å². The lowest BCUT2D eigenvalue weighted by Crippen LogP contribution is -2.10. The number of nitrogens with one attached hydrogen (secondary N) is 1. The summed E-state index contributed by atoms with van der Waals surface area (Å²) >= 11 is 0.988. The molecule has 0 bridgehead atoms. The van der Waals surface area contributed by atoms with Gasteiger partial charge in [-0.1, -0.05) is 6.07 Å². The number of alkyl halides is 3. The Morgan fingerprint density at radius 2 is 1.81 bits per heavy atom. The van der Waals surface area contributed by atoms with Crippen LogP contribution in [0.1, 0.15) is 15.2 Å². The lowest BCUT2D eigenvalue weighted by Gasteiger charge is -2.10. The summed E-state index contributed by atoms with van der Waals surface area (Å²) in [5.74, 6) is -1.86. The molecule has 0 fully saturated rings. The molecule has 1 heterocycles. The van der Waals surface area contributed by atoms with E-state index in [1.54, 1.807) is 0 Å². The summed E-state index contributed by atoms with van der Waals surface area (Å²) in [6.07, 6.45) is -4.69. The van der Waals surface area contributed by atoms with E-state index in [0.717, 1.165) is 29.5 Å². The van der Waals surface area contributed by atoms with Crippen LogP contribution < -0.4 is 5.32 Å². The van der Waals surface area contributed by atoms with Crippen molar-refractivity contribution in [2.75, 3.05) is 5.32 Å². The minimum absolute atomic E-state index is 0.227. The molecule has 1 aromatic heterocycles. The highest BCUT2D eigenvalue weighted by Gasteiger charge is 2.34. The Balaban J connectivity index is 1.85. The molecule has 0 spiro atoms. The molecular weight excluding hydrogens is 370 g/mol. The zero-order valence-corrected chi connectivity index (χ0v) is 13.8. The maximum absolute atomic E-state index is 13.2. The van der Waals surface area contributed by atoms with Gasteiger partial charge in [0.05, 0.1) is 10.4 Å². The topological polar surface area (TPSA) is 49.3 Å². The second-order valence-corrected chi connectivity index (χ2v) is 6.44. The number of amides is 1. The van der Waals surface area contributed by atoms with Crippen LogP contribution in [0.3, 0.4) is 0 Å². The fourth-order valence-corrected chi connectivity index (χ4v) is 3.19. The Kier molecular flexibility index (Phi) is 4.69. The molecule has 3 nitrogen and oxygen atoms in total. The highest BCUT2D eigenvalue weighted by Crippen LogP contribution is 2.39. The van der Waals surface area contributed by atoms with Crippen molar-refractivity contribution in [2.45, 2.75) is 6.18 Å². The molecule has 0 aliphatic heterocycles. The number of hydrogen-bond acceptors (Lipinski definition) is 3. The summed E-state index contributed by atoms with van der Waals surface area (Å²) in [4.78, 5) is 12.9. The number of carbonyl (C=O) groups is 1. The van der Waals surface area contributed by atoms with E-state index in [9.17, 15) is 27.5 Å². The lowest BCUT2D eigenvalue weighted by atomic mass is 10.1. The van der Waals surface area contributed by atoms with Gasteiger partial charge in [0.2, 0.25) is 0 Å². The highest BCUT2D eigenvalue weighted by molar-refractivity contribution is 7.17. The number of thiophene rings is 1. The number of phenols is 1. The molecule has 26 heavy (non-hydrogen) atoms. The molecule has 0 aliphatic carbocycles. The normalized spacial score (nSPS) is 11.4. The summed E-state index contributed by atoms with van der Waals surface area (Å²) in [5, 5.41) is 11.9. The highest BCUT2D eigenvalue weighted by atomic mass is 32.1. The van der Waals surface area contributed by atoms with Gasteiger partial charge in [-0.15, -0.1) is 11.3 Å². The number of rotatable bonds is 3. The quantitative estimate of drug-likeness (QED) is 0.586. The molecule has 3 aromatic rings. The number of anilines is 1. The Bertz CT molecular complexity index is 966. The fraction of sp³-hybridized carbons (Fsp3) is 0.0556. The zero-order valence-electron chi connectivity index (χ0n) is 13.0. The predicted molar refractivity (Wildman–Crippen MR) is 90.8 cm³/mol. The molecule has 3 rings (SSSR count). The molecule has 0 saturated heterocycles. The van der Waals surface area contributed by atoms with Crippen molar-refractivity contribution in [2.24, 2.45) is 0 Å². The maximum Gasteiger partial charge on any atom is 0.419 e. The third-order valence-corrected chi connectivity index (χ3v) is 4.63.